The molecule has 5 heteroatoms. The first-order valence-corrected chi connectivity index (χ1v) is 10.2. The molecule has 0 N–H and O–H groups in total. The molecule has 0 radical (unpaired) electrons. The Hall–Kier alpha value is 0.130. The summed E-state index contributed by atoms with van der Waals surface area (Å²) in [5.41, 5.74) is 1.24. The fourth-order valence-corrected chi connectivity index (χ4v) is 4.49. The molecule has 1 unspecified atom stereocenters. The highest BCUT2D eigenvalue weighted by Crippen LogP contribution is 2.22. The highest BCUT2D eigenvalue weighted by molar-refractivity contribution is 9.10. The minimum Gasteiger partial charge on any atom is -0.229 e. The van der Waals surface area contributed by atoms with Crippen molar-refractivity contribution in [2.45, 2.75) is 26.2 Å². The third-order valence-corrected chi connectivity index (χ3v) is 6.61. The van der Waals surface area contributed by atoms with Crippen LogP contribution in [0.15, 0.2) is 28.7 Å². The average molecular weight is 412 g/mol. The maximum atomic E-state index is 11.7. The van der Waals surface area contributed by atoms with Crippen molar-refractivity contribution in [3.63, 3.8) is 0 Å². The van der Waals surface area contributed by atoms with Crippen molar-refractivity contribution in [3.05, 3.63) is 34.3 Å². The Labute approximate surface area is 133 Å². The van der Waals surface area contributed by atoms with Gasteiger partial charge in [-0.15, -0.1) is 0 Å². The van der Waals surface area contributed by atoms with E-state index in [4.69, 9.17) is 0 Å². The van der Waals surface area contributed by atoms with Gasteiger partial charge in [-0.3, -0.25) is 0 Å². The third kappa shape index (κ3) is 6.41. The highest BCUT2D eigenvalue weighted by atomic mass is 79.9. The Bertz CT molecular complexity index is 486. The largest absolute Gasteiger partial charge is 0.229 e. The molecule has 0 bridgehead atoms. The van der Waals surface area contributed by atoms with Gasteiger partial charge >= 0.3 is 0 Å². The topological polar surface area (TPSA) is 34.1 Å². The van der Waals surface area contributed by atoms with Crippen LogP contribution in [0.2, 0.25) is 0 Å². The summed E-state index contributed by atoms with van der Waals surface area (Å²) >= 11 is 7.03. The SMILES string of the molecule is CCCS(=O)(=O)CCC(CBr)Cc1ccccc1Br. The summed E-state index contributed by atoms with van der Waals surface area (Å²) in [6, 6.07) is 8.11. The van der Waals surface area contributed by atoms with E-state index in [-0.39, 0.29) is 0 Å². The summed E-state index contributed by atoms with van der Waals surface area (Å²) in [5.74, 6) is 0.948. The van der Waals surface area contributed by atoms with Crippen LogP contribution in [0.3, 0.4) is 0 Å². The molecule has 0 amide bonds. The van der Waals surface area contributed by atoms with E-state index in [9.17, 15) is 8.42 Å². The van der Waals surface area contributed by atoms with Crippen LogP contribution in [0.5, 0.6) is 0 Å². The normalized spacial score (nSPS) is 13.4. The standard InChI is InChI=1S/C14H20Br2O2S/c1-2-8-19(17,18)9-7-12(11-15)10-13-5-3-4-6-14(13)16/h3-6,12H,2,7-11H2,1H3. The fraction of sp³-hybridized carbons (Fsp3) is 0.571. The summed E-state index contributed by atoms with van der Waals surface area (Å²) in [6.45, 7) is 1.90. The van der Waals surface area contributed by atoms with Crippen molar-refractivity contribution in [1.82, 2.24) is 0 Å². The second kappa shape index (κ2) is 8.42. The van der Waals surface area contributed by atoms with Gasteiger partial charge < -0.3 is 0 Å². The van der Waals surface area contributed by atoms with E-state index in [0.717, 1.165) is 22.6 Å². The summed E-state index contributed by atoms with van der Waals surface area (Å²) in [7, 11) is -2.87. The lowest BCUT2D eigenvalue weighted by molar-refractivity contribution is 0.551. The maximum Gasteiger partial charge on any atom is 0.150 e. The summed E-state index contributed by atoms with van der Waals surface area (Å²) in [4.78, 5) is 0. The van der Waals surface area contributed by atoms with Gasteiger partial charge in [0.15, 0.2) is 0 Å². The zero-order chi connectivity index (χ0) is 14.3. The molecule has 2 nitrogen and oxygen atoms in total. The van der Waals surface area contributed by atoms with Crippen molar-refractivity contribution < 1.29 is 8.42 Å². The van der Waals surface area contributed by atoms with Crippen LogP contribution >= 0.6 is 31.9 Å². The van der Waals surface area contributed by atoms with Crippen LogP contribution in [0, 0.1) is 5.92 Å². The van der Waals surface area contributed by atoms with Crippen LogP contribution in [0.25, 0.3) is 0 Å². The van der Waals surface area contributed by atoms with Gasteiger partial charge in [0, 0.05) is 15.6 Å². The number of hydrogen-bond acceptors (Lipinski definition) is 2. The Morgan fingerprint density at radius 2 is 1.89 bits per heavy atom. The zero-order valence-electron chi connectivity index (χ0n) is 11.1. The first kappa shape index (κ1) is 17.2. The van der Waals surface area contributed by atoms with Crippen molar-refractivity contribution in [1.29, 1.82) is 0 Å². The number of halogens is 2. The molecule has 1 atom stereocenters. The van der Waals surface area contributed by atoms with E-state index in [0.29, 0.717) is 23.8 Å². The second-order valence-corrected chi connectivity index (χ2v) is 8.56. The lowest BCUT2D eigenvalue weighted by Gasteiger charge is -2.15. The molecule has 0 spiro atoms. The van der Waals surface area contributed by atoms with Crippen LogP contribution in [0.1, 0.15) is 25.3 Å². The molecular weight excluding hydrogens is 392 g/mol. The lowest BCUT2D eigenvalue weighted by Crippen LogP contribution is -2.16. The fourth-order valence-electron chi connectivity index (χ4n) is 1.97. The van der Waals surface area contributed by atoms with Gasteiger partial charge in [-0.05, 0) is 36.8 Å². The number of sulfone groups is 1. The minimum absolute atomic E-state index is 0.293. The molecule has 0 fully saturated rings. The monoisotopic (exact) mass is 410 g/mol. The molecule has 19 heavy (non-hydrogen) atoms. The molecule has 0 heterocycles. The molecule has 0 aromatic heterocycles. The number of rotatable bonds is 8. The molecule has 0 aliphatic heterocycles. The predicted molar refractivity (Wildman–Crippen MR) is 88.7 cm³/mol. The van der Waals surface area contributed by atoms with Gasteiger partial charge in [0.05, 0.1) is 5.75 Å². The Morgan fingerprint density at radius 1 is 1.21 bits per heavy atom. The molecule has 0 saturated heterocycles. The van der Waals surface area contributed by atoms with E-state index in [1.54, 1.807) is 0 Å². The van der Waals surface area contributed by atoms with Crippen molar-refractivity contribution in [2.24, 2.45) is 5.92 Å². The van der Waals surface area contributed by atoms with Crippen molar-refractivity contribution >= 4 is 41.7 Å². The first-order chi connectivity index (χ1) is 8.98. The predicted octanol–water partition coefficient (Wildman–Crippen LogP) is 4.22. The smallest absolute Gasteiger partial charge is 0.150 e. The lowest BCUT2D eigenvalue weighted by atomic mass is 9.99. The molecule has 1 aromatic rings. The molecule has 0 aliphatic rings. The summed E-state index contributed by atoms with van der Waals surface area (Å²) in [6.07, 6.45) is 2.31. The number of hydrogen-bond donors (Lipinski definition) is 0. The molecule has 1 rings (SSSR count). The van der Waals surface area contributed by atoms with E-state index in [2.05, 4.69) is 37.9 Å². The Kier molecular flexibility index (Phi) is 7.62. The minimum atomic E-state index is -2.87. The number of alkyl halides is 1. The average Bonchev–Trinajstić information content (AvgIpc) is 2.36. The van der Waals surface area contributed by atoms with Gasteiger partial charge in [-0.1, -0.05) is 57.0 Å². The van der Waals surface area contributed by atoms with E-state index >= 15 is 0 Å². The van der Waals surface area contributed by atoms with Crippen LogP contribution < -0.4 is 0 Å². The first-order valence-electron chi connectivity index (χ1n) is 6.48. The molecule has 0 aliphatic carbocycles. The van der Waals surface area contributed by atoms with Gasteiger partial charge in [-0.25, -0.2) is 8.42 Å². The highest BCUT2D eigenvalue weighted by Gasteiger charge is 2.15. The molecule has 0 saturated carbocycles. The molecular formula is C14H20Br2O2S. The zero-order valence-corrected chi connectivity index (χ0v) is 15.1. The molecule has 1 aromatic carbocycles. The van der Waals surface area contributed by atoms with E-state index < -0.39 is 9.84 Å². The Balaban J connectivity index is 2.58. The second-order valence-electron chi connectivity index (χ2n) is 4.76. The quantitative estimate of drug-likeness (QED) is 0.600. The van der Waals surface area contributed by atoms with Crippen molar-refractivity contribution in [3.8, 4) is 0 Å². The van der Waals surface area contributed by atoms with E-state index in [1.165, 1.54) is 5.56 Å². The van der Waals surface area contributed by atoms with Crippen LogP contribution in [-0.2, 0) is 16.3 Å². The Morgan fingerprint density at radius 3 is 2.47 bits per heavy atom. The van der Waals surface area contributed by atoms with Gasteiger partial charge in [-0.2, -0.15) is 0 Å². The van der Waals surface area contributed by atoms with E-state index in [1.807, 2.05) is 25.1 Å². The van der Waals surface area contributed by atoms with Gasteiger partial charge in [0.25, 0.3) is 0 Å². The number of benzene rings is 1. The van der Waals surface area contributed by atoms with Gasteiger partial charge in [0.2, 0.25) is 0 Å². The van der Waals surface area contributed by atoms with Crippen LogP contribution in [0.4, 0.5) is 0 Å². The summed E-state index contributed by atoms with van der Waals surface area (Å²) in [5, 5.41) is 0.829. The summed E-state index contributed by atoms with van der Waals surface area (Å²) < 4.78 is 24.6. The van der Waals surface area contributed by atoms with Crippen LogP contribution in [-0.4, -0.2) is 25.3 Å². The third-order valence-electron chi connectivity index (χ3n) is 3.04. The maximum absolute atomic E-state index is 11.7. The van der Waals surface area contributed by atoms with Gasteiger partial charge in [0.1, 0.15) is 9.84 Å². The van der Waals surface area contributed by atoms with Crippen molar-refractivity contribution in [2.75, 3.05) is 16.8 Å². The molecule has 108 valence electrons.